The third-order valence-electron chi connectivity index (χ3n) is 0.881. The Morgan fingerprint density at radius 1 is 1.29 bits per heavy atom. The Labute approximate surface area is 44.6 Å². The molecule has 1 aliphatic rings. The first-order valence-corrected chi connectivity index (χ1v) is 2.20. The summed E-state index contributed by atoms with van der Waals surface area (Å²) in [6.07, 6.45) is 7.83. The van der Waals surface area contributed by atoms with E-state index in [1.165, 1.54) is 0 Å². The number of hydrogen-bond donors (Lipinski definition) is 0. The minimum absolute atomic E-state index is 1.08. The number of hydrogen-bond acceptors (Lipinski definition) is 0. The van der Waals surface area contributed by atoms with Gasteiger partial charge in [0.15, 0.2) is 0 Å². The highest BCUT2D eigenvalue weighted by molar-refractivity contribution is 6.17. The van der Waals surface area contributed by atoms with Gasteiger partial charge < -0.3 is 0 Å². The molecule has 0 nitrogen and oxygen atoms in total. The molecule has 0 amide bonds. The van der Waals surface area contributed by atoms with Gasteiger partial charge in [-0.05, 0) is 5.57 Å². The molecule has 0 unspecified atom stereocenters. The maximum absolute atomic E-state index is 5.17. The topological polar surface area (TPSA) is 0 Å². The molecule has 0 fully saturated rings. The van der Waals surface area contributed by atoms with Crippen LogP contribution in [0, 0.1) is 0 Å². The van der Waals surface area contributed by atoms with Gasteiger partial charge in [-0.3, -0.25) is 0 Å². The Morgan fingerprint density at radius 3 is 2.14 bits per heavy atom. The lowest BCUT2D eigenvalue weighted by molar-refractivity contribution is 1.83. The summed E-state index contributed by atoms with van der Waals surface area (Å²) < 4.78 is 0. The highest BCUT2D eigenvalue weighted by atomic mass is 13.9. The zero-order chi connectivity index (χ0) is 5.11. The Balaban J connectivity index is 2.79. The van der Waals surface area contributed by atoms with Gasteiger partial charge in [-0.1, -0.05) is 24.3 Å². The molecule has 0 N–H and O–H groups in total. The second-order valence-corrected chi connectivity index (χ2v) is 1.38. The molecule has 2 radical (unpaired) electrons. The summed E-state index contributed by atoms with van der Waals surface area (Å²) in [5.74, 6) is 1.58. The van der Waals surface area contributed by atoms with Crippen LogP contribution in [-0.4, -0.2) is 7.85 Å². The molecule has 0 bridgehead atoms. The van der Waals surface area contributed by atoms with Gasteiger partial charge in [0.25, 0.3) is 0 Å². The van der Waals surface area contributed by atoms with E-state index < -0.39 is 0 Å². The summed E-state index contributed by atoms with van der Waals surface area (Å²) in [7, 11) is 5.17. The predicted molar refractivity (Wildman–Crippen MR) is 32.1 cm³/mol. The van der Waals surface area contributed by atoms with E-state index in [0.717, 1.165) is 5.57 Å². The van der Waals surface area contributed by atoms with Gasteiger partial charge >= 0.3 is 0 Å². The largest absolute Gasteiger partial charge is 0.124 e. The van der Waals surface area contributed by atoms with Gasteiger partial charge in [0.05, 0.1) is 0 Å². The molecule has 0 heterocycles. The molecule has 0 aromatic carbocycles. The van der Waals surface area contributed by atoms with Gasteiger partial charge in [-0.15, -0.1) is 5.98 Å². The minimum Gasteiger partial charge on any atom is -0.124 e. The summed E-state index contributed by atoms with van der Waals surface area (Å²) >= 11 is 0. The quantitative estimate of drug-likeness (QED) is 0.390. The van der Waals surface area contributed by atoms with Crippen LogP contribution in [0.15, 0.2) is 35.9 Å². The smallest absolute Gasteiger partial charge is 0.103 e. The van der Waals surface area contributed by atoms with Crippen molar-refractivity contribution in [3.63, 3.8) is 0 Å². The molecule has 7 heavy (non-hydrogen) atoms. The summed E-state index contributed by atoms with van der Waals surface area (Å²) in [4.78, 5) is 0. The molecular formula is C6H5B. The Hall–Kier alpha value is -0.715. The molecule has 32 valence electrons. The normalized spacial score (nSPS) is 15.7. The fourth-order valence-electron chi connectivity index (χ4n) is 0.500. The van der Waals surface area contributed by atoms with E-state index in [2.05, 4.69) is 0 Å². The van der Waals surface area contributed by atoms with Crippen molar-refractivity contribution >= 4 is 7.85 Å². The van der Waals surface area contributed by atoms with Crippen molar-refractivity contribution in [3.05, 3.63) is 35.9 Å². The van der Waals surface area contributed by atoms with Crippen LogP contribution in [0.25, 0.3) is 0 Å². The highest BCUT2D eigenvalue weighted by Crippen LogP contribution is 2.03. The molecule has 0 aromatic rings. The van der Waals surface area contributed by atoms with E-state index in [-0.39, 0.29) is 0 Å². The fraction of sp³-hybridized carbons (Fsp3) is 0. The zero-order valence-corrected chi connectivity index (χ0v) is 3.96. The SMILES string of the molecule is [B]C=C1C=CC=C1. The maximum atomic E-state index is 5.17. The van der Waals surface area contributed by atoms with Crippen LogP contribution in [0.5, 0.6) is 0 Å². The van der Waals surface area contributed by atoms with Gasteiger partial charge in [0.2, 0.25) is 0 Å². The fourth-order valence-corrected chi connectivity index (χ4v) is 0.500. The molecular weight excluding hydrogens is 82.9 g/mol. The van der Waals surface area contributed by atoms with Crippen LogP contribution in [0.3, 0.4) is 0 Å². The molecule has 0 saturated heterocycles. The molecule has 1 heteroatoms. The standard InChI is InChI=1S/C6H5B/c7-5-6-3-1-2-4-6/h1-5H. The third kappa shape index (κ3) is 0.831. The molecule has 0 atom stereocenters. The van der Waals surface area contributed by atoms with Crippen molar-refractivity contribution in [1.82, 2.24) is 0 Å². The van der Waals surface area contributed by atoms with E-state index in [4.69, 9.17) is 7.85 Å². The minimum atomic E-state index is 1.08. The van der Waals surface area contributed by atoms with Crippen molar-refractivity contribution in [3.8, 4) is 0 Å². The van der Waals surface area contributed by atoms with Crippen molar-refractivity contribution in [2.24, 2.45) is 0 Å². The molecule has 1 aliphatic carbocycles. The van der Waals surface area contributed by atoms with Crippen molar-refractivity contribution in [2.45, 2.75) is 0 Å². The van der Waals surface area contributed by atoms with Gasteiger partial charge in [-0.2, -0.15) is 0 Å². The van der Waals surface area contributed by atoms with Crippen LogP contribution in [0.4, 0.5) is 0 Å². The average Bonchev–Trinajstić information content (AvgIpc) is 2.14. The van der Waals surface area contributed by atoms with Crippen LogP contribution in [-0.2, 0) is 0 Å². The second kappa shape index (κ2) is 1.83. The van der Waals surface area contributed by atoms with E-state index in [1.54, 1.807) is 5.98 Å². The van der Waals surface area contributed by atoms with E-state index in [0.29, 0.717) is 0 Å². The van der Waals surface area contributed by atoms with E-state index in [9.17, 15) is 0 Å². The van der Waals surface area contributed by atoms with Crippen molar-refractivity contribution in [1.29, 1.82) is 0 Å². The predicted octanol–water partition coefficient (Wildman–Crippen LogP) is 1.16. The zero-order valence-electron chi connectivity index (χ0n) is 3.96. The lowest BCUT2D eigenvalue weighted by Crippen LogP contribution is -1.62. The van der Waals surface area contributed by atoms with E-state index in [1.807, 2.05) is 24.3 Å². The first-order valence-electron chi connectivity index (χ1n) is 2.20. The van der Waals surface area contributed by atoms with Crippen LogP contribution in [0.2, 0.25) is 0 Å². The van der Waals surface area contributed by atoms with Crippen LogP contribution >= 0.6 is 0 Å². The first kappa shape index (κ1) is 4.44. The Bertz CT molecular complexity index is 126. The average molecular weight is 87.9 g/mol. The van der Waals surface area contributed by atoms with Crippen molar-refractivity contribution < 1.29 is 0 Å². The molecule has 0 saturated carbocycles. The lowest BCUT2D eigenvalue weighted by atomic mass is 10.1. The number of rotatable bonds is 0. The maximum Gasteiger partial charge on any atom is 0.103 e. The van der Waals surface area contributed by atoms with Crippen LogP contribution < -0.4 is 0 Å². The van der Waals surface area contributed by atoms with E-state index >= 15 is 0 Å². The molecule has 1 rings (SSSR count). The summed E-state index contributed by atoms with van der Waals surface area (Å²) in [6, 6.07) is 0. The van der Waals surface area contributed by atoms with Gasteiger partial charge in [-0.25, -0.2) is 0 Å². The Kier molecular flexibility index (Phi) is 1.16. The summed E-state index contributed by atoms with van der Waals surface area (Å²) in [5, 5.41) is 0. The third-order valence-corrected chi connectivity index (χ3v) is 0.881. The molecule has 0 spiro atoms. The second-order valence-electron chi connectivity index (χ2n) is 1.38. The number of allylic oxidation sites excluding steroid dienone is 5. The van der Waals surface area contributed by atoms with Gasteiger partial charge in [0, 0.05) is 0 Å². The first-order chi connectivity index (χ1) is 3.43. The van der Waals surface area contributed by atoms with Gasteiger partial charge in [0.1, 0.15) is 7.85 Å². The Morgan fingerprint density at radius 2 is 1.86 bits per heavy atom. The molecule has 0 aromatic heterocycles. The lowest BCUT2D eigenvalue weighted by Gasteiger charge is -1.78. The summed E-state index contributed by atoms with van der Waals surface area (Å²) in [6.45, 7) is 0. The monoisotopic (exact) mass is 88.0 g/mol. The van der Waals surface area contributed by atoms with Crippen molar-refractivity contribution in [2.75, 3.05) is 0 Å². The van der Waals surface area contributed by atoms with Crippen LogP contribution in [0.1, 0.15) is 0 Å². The highest BCUT2D eigenvalue weighted by Gasteiger charge is 1.83. The molecule has 0 aliphatic heterocycles. The summed E-state index contributed by atoms with van der Waals surface area (Å²) in [5.41, 5.74) is 1.08.